The Balaban J connectivity index is 1.68. The van der Waals surface area contributed by atoms with Crippen LogP contribution in [-0.4, -0.2) is 43.1 Å². The van der Waals surface area contributed by atoms with E-state index in [1.54, 1.807) is 42.9 Å². The maximum absolute atomic E-state index is 12.6. The van der Waals surface area contributed by atoms with Crippen molar-refractivity contribution in [1.29, 1.82) is 0 Å². The summed E-state index contributed by atoms with van der Waals surface area (Å²) in [5.74, 6) is -0.555. The normalized spacial score (nSPS) is 14.0. The van der Waals surface area contributed by atoms with E-state index in [4.69, 9.17) is 11.6 Å². The predicted molar refractivity (Wildman–Crippen MR) is 136 cm³/mol. The number of H-pyrrole nitrogens is 1. The average molecular weight is 495 g/mol. The zero-order valence-electron chi connectivity index (χ0n) is 19.2. The number of aromatic amines is 1. The number of halogens is 1. The number of benzene rings is 2. The molecule has 180 valence electrons. The summed E-state index contributed by atoms with van der Waals surface area (Å²) in [5.41, 5.74) is 1.21. The number of aromatic nitrogens is 4. The summed E-state index contributed by atoms with van der Waals surface area (Å²) in [6.45, 7) is 1.70. The number of nitrogens with zero attached hydrogens (tertiary/aromatic N) is 5. The Morgan fingerprint density at radius 1 is 1.03 bits per heavy atom. The topological polar surface area (TPSA) is 118 Å². The molecule has 11 heteroatoms. The summed E-state index contributed by atoms with van der Waals surface area (Å²) in [4.78, 5) is 46.5. The lowest BCUT2D eigenvalue weighted by atomic mass is 10.2. The van der Waals surface area contributed by atoms with Gasteiger partial charge in [-0.05, 0) is 43.2 Å². The van der Waals surface area contributed by atoms with Crippen LogP contribution in [0.25, 0.3) is 16.7 Å². The highest BCUT2D eigenvalue weighted by molar-refractivity contribution is 6.30. The molecule has 0 amide bonds. The molecular formula is C24H23ClN6O4. The van der Waals surface area contributed by atoms with Crippen LogP contribution in [0.4, 0.5) is 11.4 Å². The van der Waals surface area contributed by atoms with Crippen LogP contribution in [0.1, 0.15) is 18.4 Å². The molecule has 0 bridgehead atoms. The molecule has 0 saturated carbocycles. The van der Waals surface area contributed by atoms with Gasteiger partial charge in [-0.3, -0.25) is 23.9 Å². The number of hydrogen-bond donors (Lipinski definition) is 2. The monoisotopic (exact) mass is 494 g/mol. The number of aryl methyl sites for hydroxylation is 2. The first-order valence-corrected chi connectivity index (χ1v) is 11.5. The Labute approximate surface area is 204 Å². The van der Waals surface area contributed by atoms with Crippen molar-refractivity contribution in [3.63, 3.8) is 0 Å². The maximum atomic E-state index is 12.6. The highest BCUT2D eigenvalue weighted by Gasteiger charge is 2.20. The van der Waals surface area contributed by atoms with Gasteiger partial charge >= 0.3 is 11.4 Å². The quantitative estimate of drug-likeness (QED) is 0.422. The molecule has 1 saturated heterocycles. The fourth-order valence-corrected chi connectivity index (χ4v) is 4.67. The summed E-state index contributed by atoms with van der Waals surface area (Å²) in [6, 6.07) is 10.1. The van der Waals surface area contributed by atoms with Crippen molar-refractivity contribution in [3.05, 3.63) is 78.3 Å². The van der Waals surface area contributed by atoms with Gasteiger partial charge in [0.05, 0.1) is 28.1 Å². The molecule has 0 unspecified atom stereocenters. The van der Waals surface area contributed by atoms with E-state index in [9.17, 15) is 19.5 Å². The molecule has 10 nitrogen and oxygen atoms in total. The van der Waals surface area contributed by atoms with Gasteiger partial charge in [-0.15, -0.1) is 0 Å². The number of aromatic hydroxyl groups is 1. The standard InChI is InChI=1S/C24H23ClN6O4/c1-28-19-11-17(18(30-8-3-4-9-30)12-20(19)29(2)24(28)35)26-13-16-21(32)27-23(34)31(22(16)33)15-7-5-6-14(25)10-15/h5-7,10-13,33H,3-4,8-9H2,1-2H3,(H,27,32,34). The summed E-state index contributed by atoms with van der Waals surface area (Å²) in [6.07, 6.45) is 3.32. The Hall–Kier alpha value is -4.05. The van der Waals surface area contributed by atoms with E-state index in [1.807, 2.05) is 6.07 Å². The van der Waals surface area contributed by atoms with E-state index in [1.165, 1.54) is 16.8 Å². The summed E-state index contributed by atoms with van der Waals surface area (Å²) in [5, 5.41) is 11.2. The largest absolute Gasteiger partial charge is 0.493 e. The third-order valence-corrected chi connectivity index (χ3v) is 6.57. The minimum absolute atomic E-state index is 0.156. The summed E-state index contributed by atoms with van der Waals surface area (Å²) >= 11 is 6.04. The Kier molecular flexibility index (Phi) is 5.60. The summed E-state index contributed by atoms with van der Waals surface area (Å²) in [7, 11) is 3.41. The lowest BCUT2D eigenvalue weighted by Crippen LogP contribution is -2.31. The van der Waals surface area contributed by atoms with Crippen LogP contribution >= 0.6 is 11.6 Å². The first-order valence-electron chi connectivity index (χ1n) is 11.1. The fourth-order valence-electron chi connectivity index (χ4n) is 4.48. The predicted octanol–water partition coefficient (Wildman–Crippen LogP) is 2.43. The molecule has 4 aromatic rings. The van der Waals surface area contributed by atoms with Crippen molar-refractivity contribution in [3.8, 4) is 11.6 Å². The summed E-state index contributed by atoms with van der Waals surface area (Å²) < 4.78 is 4.08. The van der Waals surface area contributed by atoms with Crippen LogP contribution < -0.4 is 21.8 Å². The molecular weight excluding hydrogens is 472 g/mol. The van der Waals surface area contributed by atoms with Crippen LogP contribution in [0.15, 0.2) is 55.8 Å². The molecule has 35 heavy (non-hydrogen) atoms. The van der Waals surface area contributed by atoms with E-state index in [0.717, 1.165) is 41.7 Å². The second kappa shape index (κ2) is 8.62. The van der Waals surface area contributed by atoms with E-state index >= 15 is 0 Å². The lowest BCUT2D eigenvalue weighted by molar-refractivity contribution is 0.430. The molecule has 0 aliphatic carbocycles. The van der Waals surface area contributed by atoms with Gasteiger partial charge < -0.3 is 10.0 Å². The van der Waals surface area contributed by atoms with Crippen molar-refractivity contribution >= 4 is 40.2 Å². The van der Waals surface area contributed by atoms with Crippen molar-refractivity contribution < 1.29 is 5.11 Å². The number of hydrogen-bond acceptors (Lipinski definition) is 6. The Morgan fingerprint density at radius 2 is 1.71 bits per heavy atom. The molecule has 0 spiro atoms. The van der Waals surface area contributed by atoms with Gasteiger partial charge in [0.15, 0.2) is 0 Å². The number of fused-ring (bicyclic) bond motifs is 1. The van der Waals surface area contributed by atoms with Crippen LogP contribution in [0, 0.1) is 0 Å². The fraction of sp³-hybridized carbons (Fsp3) is 0.250. The number of nitrogens with one attached hydrogen (secondary N) is 1. The number of rotatable bonds is 4. The second-order valence-electron chi connectivity index (χ2n) is 8.49. The highest BCUT2D eigenvalue weighted by Crippen LogP contribution is 2.35. The first-order chi connectivity index (χ1) is 16.8. The highest BCUT2D eigenvalue weighted by atomic mass is 35.5. The van der Waals surface area contributed by atoms with Gasteiger partial charge in [-0.1, -0.05) is 17.7 Å². The van der Waals surface area contributed by atoms with Crippen molar-refractivity contribution in [1.82, 2.24) is 18.7 Å². The van der Waals surface area contributed by atoms with Crippen LogP contribution in [-0.2, 0) is 14.1 Å². The van der Waals surface area contributed by atoms with Gasteiger partial charge in [-0.25, -0.2) is 14.2 Å². The molecule has 2 N–H and O–H groups in total. The third-order valence-electron chi connectivity index (χ3n) is 6.34. The average Bonchev–Trinajstić information content (AvgIpc) is 3.42. The molecule has 1 aliphatic rings. The smallest absolute Gasteiger partial charge is 0.335 e. The number of aliphatic imine (C=N–C) groups is 1. The van der Waals surface area contributed by atoms with E-state index < -0.39 is 17.1 Å². The minimum Gasteiger partial charge on any atom is -0.493 e. The molecule has 5 rings (SSSR count). The number of imidazole rings is 1. The van der Waals surface area contributed by atoms with Crippen LogP contribution in [0.2, 0.25) is 5.02 Å². The molecule has 2 aromatic heterocycles. The molecule has 3 heterocycles. The molecule has 2 aromatic carbocycles. The van der Waals surface area contributed by atoms with Crippen LogP contribution in [0.5, 0.6) is 5.88 Å². The minimum atomic E-state index is -0.801. The molecule has 0 radical (unpaired) electrons. The van der Waals surface area contributed by atoms with Crippen molar-refractivity contribution in [2.45, 2.75) is 12.8 Å². The van der Waals surface area contributed by atoms with Crippen molar-refractivity contribution in [2.75, 3.05) is 18.0 Å². The van der Waals surface area contributed by atoms with E-state index in [0.29, 0.717) is 21.9 Å². The van der Waals surface area contributed by atoms with E-state index in [-0.39, 0.29) is 11.3 Å². The lowest BCUT2D eigenvalue weighted by Gasteiger charge is -2.20. The molecule has 1 fully saturated rings. The van der Waals surface area contributed by atoms with E-state index in [2.05, 4.69) is 14.9 Å². The van der Waals surface area contributed by atoms with Crippen LogP contribution in [0.3, 0.4) is 0 Å². The maximum Gasteiger partial charge on any atom is 0.335 e. The zero-order valence-corrected chi connectivity index (χ0v) is 19.9. The van der Waals surface area contributed by atoms with Gasteiger partial charge in [0, 0.05) is 38.4 Å². The van der Waals surface area contributed by atoms with Gasteiger partial charge in [-0.2, -0.15) is 0 Å². The SMILES string of the molecule is Cn1c(=O)n(C)c2cc(N3CCCC3)c(N=Cc3c(O)n(-c4cccc(Cl)c4)c(=O)[nH]c3=O)cc21. The Bertz CT molecular complexity index is 1670. The third kappa shape index (κ3) is 3.85. The van der Waals surface area contributed by atoms with Gasteiger partial charge in [0.1, 0.15) is 5.56 Å². The molecule has 1 aliphatic heterocycles. The first kappa shape index (κ1) is 22.7. The van der Waals surface area contributed by atoms with Gasteiger partial charge in [0.25, 0.3) is 5.56 Å². The van der Waals surface area contributed by atoms with Crippen molar-refractivity contribution in [2.24, 2.45) is 19.1 Å². The zero-order chi connectivity index (χ0) is 24.9. The Morgan fingerprint density at radius 3 is 2.40 bits per heavy atom. The van der Waals surface area contributed by atoms with Gasteiger partial charge in [0.2, 0.25) is 5.88 Å². The molecule has 0 atom stereocenters. The second-order valence-corrected chi connectivity index (χ2v) is 8.93. The number of anilines is 1.